The van der Waals surface area contributed by atoms with Crippen LogP contribution in [0.3, 0.4) is 0 Å². The average molecular weight is 346 g/mol. The summed E-state index contributed by atoms with van der Waals surface area (Å²) >= 11 is 0. The van der Waals surface area contributed by atoms with Crippen molar-refractivity contribution in [2.24, 2.45) is 0 Å². The molecule has 0 atom stereocenters. The summed E-state index contributed by atoms with van der Waals surface area (Å²) in [7, 11) is 0. The highest BCUT2D eigenvalue weighted by atomic mass is 16.5. The number of aryl methyl sites for hydroxylation is 1. The Balaban J connectivity index is 1.44. The Morgan fingerprint density at radius 3 is 2.81 bits per heavy atom. The molecular weight excluding hydrogens is 328 g/mol. The van der Waals surface area contributed by atoms with Crippen LogP contribution < -0.4 is 10.1 Å². The minimum atomic E-state index is 0.494. The Morgan fingerprint density at radius 2 is 1.92 bits per heavy atom. The molecule has 0 fully saturated rings. The number of anilines is 1. The second kappa shape index (κ2) is 7.18. The molecule has 0 unspecified atom stereocenters. The Labute approximate surface area is 150 Å². The van der Waals surface area contributed by atoms with E-state index >= 15 is 0 Å². The van der Waals surface area contributed by atoms with E-state index in [0.29, 0.717) is 24.8 Å². The van der Waals surface area contributed by atoms with Crippen molar-refractivity contribution in [1.82, 2.24) is 24.6 Å². The number of benzene rings is 1. The summed E-state index contributed by atoms with van der Waals surface area (Å²) in [6.07, 6.45) is 3.25. The third kappa shape index (κ3) is 3.61. The van der Waals surface area contributed by atoms with Crippen LogP contribution in [0.25, 0.3) is 5.78 Å². The fourth-order valence-corrected chi connectivity index (χ4v) is 2.62. The topological polar surface area (TPSA) is 77.2 Å². The lowest BCUT2D eigenvalue weighted by Gasteiger charge is -2.10. The van der Waals surface area contributed by atoms with Crippen molar-refractivity contribution in [3.8, 4) is 5.88 Å². The maximum atomic E-state index is 5.79. The van der Waals surface area contributed by atoms with Gasteiger partial charge in [-0.2, -0.15) is 14.6 Å². The summed E-state index contributed by atoms with van der Waals surface area (Å²) in [4.78, 5) is 12.7. The molecule has 0 aliphatic heterocycles. The maximum absolute atomic E-state index is 5.79. The van der Waals surface area contributed by atoms with Crippen molar-refractivity contribution in [2.75, 3.05) is 5.32 Å². The fourth-order valence-electron chi connectivity index (χ4n) is 2.62. The first-order valence-electron chi connectivity index (χ1n) is 8.31. The lowest BCUT2D eigenvalue weighted by atomic mass is 10.2. The molecule has 3 aromatic heterocycles. The Morgan fingerprint density at radius 1 is 1.04 bits per heavy atom. The van der Waals surface area contributed by atoms with E-state index in [4.69, 9.17) is 4.74 Å². The van der Waals surface area contributed by atoms with Crippen molar-refractivity contribution in [3.63, 3.8) is 0 Å². The van der Waals surface area contributed by atoms with Gasteiger partial charge in [0.25, 0.3) is 5.78 Å². The van der Waals surface area contributed by atoms with E-state index in [0.717, 1.165) is 22.6 Å². The normalized spacial score (nSPS) is 10.8. The molecule has 130 valence electrons. The minimum absolute atomic E-state index is 0.494. The second-order valence-electron chi connectivity index (χ2n) is 5.88. The van der Waals surface area contributed by atoms with Crippen molar-refractivity contribution in [2.45, 2.75) is 20.1 Å². The fraction of sp³-hybridized carbons (Fsp3) is 0.158. The number of ether oxygens (including phenoxy) is 1. The number of hydrogen-bond acceptors (Lipinski definition) is 6. The van der Waals surface area contributed by atoms with Crippen LogP contribution in [-0.2, 0) is 13.2 Å². The van der Waals surface area contributed by atoms with Gasteiger partial charge in [-0.05, 0) is 24.1 Å². The Kier molecular flexibility index (Phi) is 4.42. The van der Waals surface area contributed by atoms with Crippen molar-refractivity contribution in [3.05, 3.63) is 77.9 Å². The molecule has 0 saturated carbocycles. The van der Waals surface area contributed by atoms with Gasteiger partial charge in [0.15, 0.2) is 0 Å². The summed E-state index contributed by atoms with van der Waals surface area (Å²) in [6.45, 7) is 3.04. The van der Waals surface area contributed by atoms with Crippen LogP contribution in [-0.4, -0.2) is 24.6 Å². The van der Waals surface area contributed by atoms with Gasteiger partial charge in [-0.1, -0.05) is 30.3 Å². The number of rotatable bonds is 6. The lowest BCUT2D eigenvalue weighted by Crippen LogP contribution is -2.07. The molecule has 1 aromatic carbocycles. The van der Waals surface area contributed by atoms with E-state index in [1.165, 1.54) is 6.33 Å². The van der Waals surface area contributed by atoms with Crippen LogP contribution in [0.5, 0.6) is 5.88 Å². The Bertz CT molecular complexity index is 1010. The van der Waals surface area contributed by atoms with Crippen molar-refractivity contribution >= 4 is 11.6 Å². The highest BCUT2D eigenvalue weighted by Crippen LogP contribution is 2.15. The zero-order valence-corrected chi connectivity index (χ0v) is 14.3. The highest BCUT2D eigenvalue weighted by molar-refractivity contribution is 5.45. The first-order chi connectivity index (χ1) is 12.8. The molecule has 4 rings (SSSR count). The standard InChI is InChI=1S/C19H18N6O/c1-14-9-17(25-19(24-14)22-13-23-25)21-11-16-7-8-20-18(10-16)26-12-15-5-3-2-4-6-15/h2-10,13,21H,11-12H2,1H3. The predicted octanol–water partition coefficient (Wildman–Crippen LogP) is 3.02. The van der Waals surface area contributed by atoms with Crippen LogP contribution >= 0.6 is 0 Å². The van der Waals surface area contributed by atoms with E-state index in [2.05, 4.69) is 25.4 Å². The van der Waals surface area contributed by atoms with Crippen LogP contribution in [0.4, 0.5) is 5.82 Å². The van der Waals surface area contributed by atoms with Gasteiger partial charge in [0, 0.05) is 30.6 Å². The molecule has 7 nitrogen and oxygen atoms in total. The molecular formula is C19H18N6O. The van der Waals surface area contributed by atoms with Gasteiger partial charge < -0.3 is 10.1 Å². The first-order valence-corrected chi connectivity index (χ1v) is 8.31. The molecule has 0 amide bonds. The molecule has 0 aliphatic carbocycles. The number of fused-ring (bicyclic) bond motifs is 1. The largest absolute Gasteiger partial charge is 0.473 e. The van der Waals surface area contributed by atoms with Crippen LogP contribution in [0.15, 0.2) is 61.1 Å². The summed E-state index contributed by atoms with van der Waals surface area (Å²) < 4.78 is 7.47. The summed E-state index contributed by atoms with van der Waals surface area (Å²) in [5.41, 5.74) is 3.05. The molecule has 4 aromatic rings. The third-order valence-electron chi connectivity index (χ3n) is 3.88. The van der Waals surface area contributed by atoms with Crippen molar-refractivity contribution < 1.29 is 4.74 Å². The second-order valence-corrected chi connectivity index (χ2v) is 5.88. The third-order valence-corrected chi connectivity index (χ3v) is 3.88. The van der Waals surface area contributed by atoms with Crippen LogP contribution in [0.1, 0.15) is 16.8 Å². The minimum Gasteiger partial charge on any atom is -0.473 e. The van der Waals surface area contributed by atoms with Gasteiger partial charge in [-0.15, -0.1) is 0 Å². The summed E-state index contributed by atoms with van der Waals surface area (Å²) in [5, 5.41) is 7.57. The maximum Gasteiger partial charge on any atom is 0.254 e. The smallest absolute Gasteiger partial charge is 0.254 e. The van der Waals surface area contributed by atoms with Gasteiger partial charge in [0.05, 0.1) is 0 Å². The predicted molar refractivity (Wildman–Crippen MR) is 97.9 cm³/mol. The van der Waals surface area contributed by atoms with Crippen LogP contribution in [0.2, 0.25) is 0 Å². The van der Waals surface area contributed by atoms with Gasteiger partial charge in [0.2, 0.25) is 5.88 Å². The summed E-state index contributed by atoms with van der Waals surface area (Å²) in [6, 6.07) is 15.9. The zero-order chi connectivity index (χ0) is 17.8. The zero-order valence-electron chi connectivity index (χ0n) is 14.3. The molecule has 7 heteroatoms. The van der Waals surface area contributed by atoms with Gasteiger partial charge >= 0.3 is 0 Å². The molecule has 0 radical (unpaired) electrons. The molecule has 0 saturated heterocycles. The molecule has 26 heavy (non-hydrogen) atoms. The number of nitrogens with one attached hydrogen (secondary N) is 1. The van der Waals surface area contributed by atoms with E-state index in [9.17, 15) is 0 Å². The molecule has 0 spiro atoms. The Hall–Kier alpha value is -3.48. The number of hydrogen-bond donors (Lipinski definition) is 1. The lowest BCUT2D eigenvalue weighted by molar-refractivity contribution is 0.293. The number of aromatic nitrogens is 5. The molecule has 0 aliphatic rings. The first kappa shape index (κ1) is 16.0. The highest BCUT2D eigenvalue weighted by Gasteiger charge is 2.06. The quantitative estimate of drug-likeness (QED) is 0.578. The van der Waals surface area contributed by atoms with Gasteiger partial charge in [-0.3, -0.25) is 0 Å². The molecule has 0 bridgehead atoms. The van der Waals surface area contributed by atoms with E-state index in [1.807, 2.05) is 55.5 Å². The monoisotopic (exact) mass is 346 g/mol. The average Bonchev–Trinajstić information content (AvgIpc) is 3.14. The summed E-state index contributed by atoms with van der Waals surface area (Å²) in [5.74, 6) is 2.02. The van der Waals surface area contributed by atoms with E-state index in [-0.39, 0.29) is 0 Å². The number of pyridine rings is 1. The number of nitrogens with zero attached hydrogens (tertiary/aromatic N) is 5. The van der Waals surface area contributed by atoms with Crippen LogP contribution in [0, 0.1) is 6.92 Å². The van der Waals surface area contributed by atoms with Gasteiger partial charge in [-0.25, -0.2) is 9.97 Å². The SMILES string of the molecule is Cc1cc(NCc2ccnc(OCc3ccccc3)c2)n2ncnc2n1. The van der Waals surface area contributed by atoms with E-state index in [1.54, 1.807) is 10.7 Å². The van der Waals surface area contributed by atoms with Gasteiger partial charge in [0.1, 0.15) is 18.8 Å². The molecule has 1 N–H and O–H groups in total. The molecule has 3 heterocycles. The van der Waals surface area contributed by atoms with Crippen molar-refractivity contribution in [1.29, 1.82) is 0 Å². The van der Waals surface area contributed by atoms with E-state index < -0.39 is 0 Å².